The summed E-state index contributed by atoms with van der Waals surface area (Å²) in [6, 6.07) is 10.8. The Morgan fingerprint density at radius 3 is 2.40 bits per heavy atom. The van der Waals surface area contributed by atoms with Crippen LogP contribution in [0.3, 0.4) is 0 Å². The van der Waals surface area contributed by atoms with Crippen LogP contribution in [0.15, 0.2) is 47.4 Å². The lowest BCUT2D eigenvalue weighted by atomic mass is 10.1. The molecule has 0 aliphatic heterocycles. The fourth-order valence-electron chi connectivity index (χ4n) is 2.11. The molecule has 0 aliphatic carbocycles. The standard InChI is InChI=1S/C17H21N3O4S/c1-2-9-24-16-8-5-13(10-15(16)18)17(21)20-11-12-3-6-14(7-4-12)25(19,22)23/h3-8,10H,2,9,11,18H2,1H3,(H,20,21)(H2,19,22,23). The fraction of sp³-hybridized carbons (Fsp3) is 0.235. The predicted molar refractivity (Wildman–Crippen MR) is 95.6 cm³/mol. The number of sulfonamides is 1. The van der Waals surface area contributed by atoms with Crippen molar-refractivity contribution in [3.05, 3.63) is 53.6 Å². The number of nitrogen functional groups attached to an aromatic ring is 1. The lowest BCUT2D eigenvalue weighted by molar-refractivity contribution is 0.0951. The first kappa shape index (κ1) is 18.8. The molecular formula is C17H21N3O4S. The van der Waals surface area contributed by atoms with Crippen LogP contribution in [-0.4, -0.2) is 20.9 Å². The highest BCUT2D eigenvalue weighted by Gasteiger charge is 2.10. The van der Waals surface area contributed by atoms with E-state index in [-0.39, 0.29) is 17.3 Å². The number of hydrogen-bond donors (Lipinski definition) is 3. The van der Waals surface area contributed by atoms with Crippen LogP contribution in [0.25, 0.3) is 0 Å². The average molecular weight is 363 g/mol. The van der Waals surface area contributed by atoms with Crippen molar-refractivity contribution in [1.82, 2.24) is 5.32 Å². The molecule has 0 aliphatic rings. The van der Waals surface area contributed by atoms with E-state index >= 15 is 0 Å². The Hall–Kier alpha value is -2.58. The lowest BCUT2D eigenvalue weighted by Gasteiger charge is -2.10. The number of hydrogen-bond acceptors (Lipinski definition) is 5. The van der Waals surface area contributed by atoms with E-state index in [0.717, 1.165) is 12.0 Å². The minimum Gasteiger partial charge on any atom is -0.491 e. The summed E-state index contributed by atoms with van der Waals surface area (Å²) in [6.45, 7) is 2.80. The van der Waals surface area contributed by atoms with Crippen molar-refractivity contribution < 1.29 is 17.9 Å². The van der Waals surface area contributed by atoms with Crippen LogP contribution in [0.5, 0.6) is 5.75 Å². The molecule has 0 aromatic heterocycles. The van der Waals surface area contributed by atoms with E-state index in [1.807, 2.05) is 6.92 Å². The van der Waals surface area contributed by atoms with Gasteiger partial charge in [-0.2, -0.15) is 0 Å². The number of primary sulfonamides is 1. The largest absolute Gasteiger partial charge is 0.491 e. The molecule has 25 heavy (non-hydrogen) atoms. The van der Waals surface area contributed by atoms with E-state index in [0.29, 0.717) is 23.6 Å². The number of anilines is 1. The monoisotopic (exact) mass is 363 g/mol. The molecule has 0 spiro atoms. The molecule has 2 aromatic carbocycles. The molecule has 0 saturated carbocycles. The Labute approximate surface area is 147 Å². The summed E-state index contributed by atoms with van der Waals surface area (Å²) in [5.41, 5.74) is 7.46. The first-order valence-corrected chi connectivity index (χ1v) is 9.28. The van der Waals surface area contributed by atoms with E-state index in [2.05, 4.69) is 5.32 Å². The molecular weight excluding hydrogens is 342 g/mol. The van der Waals surface area contributed by atoms with Crippen LogP contribution in [0, 0.1) is 0 Å². The highest BCUT2D eigenvalue weighted by Crippen LogP contribution is 2.22. The molecule has 8 heteroatoms. The Morgan fingerprint density at radius 1 is 1.16 bits per heavy atom. The topological polar surface area (TPSA) is 125 Å². The van der Waals surface area contributed by atoms with Crippen molar-refractivity contribution in [2.24, 2.45) is 5.14 Å². The van der Waals surface area contributed by atoms with Crippen LogP contribution >= 0.6 is 0 Å². The van der Waals surface area contributed by atoms with Crippen LogP contribution in [-0.2, 0) is 16.6 Å². The first-order chi connectivity index (χ1) is 11.8. The van der Waals surface area contributed by atoms with E-state index in [4.69, 9.17) is 15.6 Å². The summed E-state index contributed by atoms with van der Waals surface area (Å²) >= 11 is 0. The molecule has 0 bridgehead atoms. The molecule has 0 heterocycles. The highest BCUT2D eigenvalue weighted by molar-refractivity contribution is 7.89. The maximum atomic E-state index is 12.2. The van der Waals surface area contributed by atoms with Crippen LogP contribution in [0.4, 0.5) is 5.69 Å². The third-order valence-electron chi connectivity index (χ3n) is 3.44. The molecule has 5 N–H and O–H groups in total. The number of nitrogens with one attached hydrogen (secondary N) is 1. The van der Waals surface area contributed by atoms with Crippen LogP contribution in [0.1, 0.15) is 29.3 Å². The van der Waals surface area contributed by atoms with Crippen LogP contribution in [0.2, 0.25) is 0 Å². The van der Waals surface area contributed by atoms with Crippen molar-refractivity contribution in [3.63, 3.8) is 0 Å². The van der Waals surface area contributed by atoms with Gasteiger partial charge in [-0.05, 0) is 42.3 Å². The SMILES string of the molecule is CCCOc1ccc(C(=O)NCc2ccc(S(N)(=O)=O)cc2)cc1N. The Kier molecular flexibility index (Phi) is 6.00. The lowest BCUT2D eigenvalue weighted by Crippen LogP contribution is -2.23. The second-order valence-electron chi connectivity index (χ2n) is 5.47. The zero-order chi connectivity index (χ0) is 18.4. The normalized spacial score (nSPS) is 11.1. The van der Waals surface area contributed by atoms with Gasteiger partial charge in [-0.15, -0.1) is 0 Å². The summed E-state index contributed by atoms with van der Waals surface area (Å²) in [5, 5.41) is 7.79. The number of ether oxygens (including phenoxy) is 1. The van der Waals surface area contributed by atoms with Gasteiger partial charge in [0.1, 0.15) is 5.75 Å². The Bertz CT molecular complexity index is 849. The van der Waals surface area contributed by atoms with Gasteiger partial charge in [-0.3, -0.25) is 4.79 Å². The van der Waals surface area contributed by atoms with Gasteiger partial charge in [0.25, 0.3) is 5.91 Å². The summed E-state index contributed by atoms with van der Waals surface area (Å²) in [6.07, 6.45) is 0.867. The summed E-state index contributed by atoms with van der Waals surface area (Å²) in [7, 11) is -3.72. The van der Waals surface area contributed by atoms with Gasteiger partial charge in [-0.1, -0.05) is 19.1 Å². The molecule has 7 nitrogen and oxygen atoms in total. The summed E-state index contributed by atoms with van der Waals surface area (Å²) in [4.78, 5) is 12.2. The molecule has 0 saturated heterocycles. The maximum absolute atomic E-state index is 12.2. The van der Waals surface area contributed by atoms with E-state index in [9.17, 15) is 13.2 Å². The minimum absolute atomic E-state index is 0.0259. The molecule has 0 radical (unpaired) electrons. The molecule has 0 atom stereocenters. The van der Waals surface area contributed by atoms with E-state index < -0.39 is 10.0 Å². The third-order valence-corrected chi connectivity index (χ3v) is 4.37. The van der Waals surface area contributed by atoms with Gasteiger partial charge in [0.15, 0.2) is 0 Å². The quantitative estimate of drug-likeness (QED) is 0.645. The molecule has 2 aromatic rings. The summed E-state index contributed by atoms with van der Waals surface area (Å²) < 4.78 is 27.9. The van der Waals surface area contributed by atoms with Crippen LogP contribution < -0.4 is 20.9 Å². The zero-order valence-corrected chi connectivity index (χ0v) is 14.7. The fourth-order valence-corrected chi connectivity index (χ4v) is 2.63. The number of rotatable bonds is 7. The smallest absolute Gasteiger partial charge is 0.251 e. The van der Waals surface area contributed by atoms with E-state index in [1.54, 1.807) is 30.3 Å². The second kappa shape index (κ2) is 8.00. The van der Waals surface area contributed by atoms with Crippen molar-refractivity contribution in [2.45, 2.75) is 24.8 Å². The number of carbonyl (C=O) groups is 1. The summed E-state index contributed by atoms with van der Waals surface area (Å²) in [5.74, 6) is 0.265. The van der Waals surface area contributed by atoms with Gasteiger partial charge in [0.05, 0.1) is 17.2 Å². The first-order valence-electron chi connectivity index (χ1n) is 7.73. The molecule has 134 valence electrons. The van der Waals surface area contributed by atoms with E-state index in [1.165, 1.54) is 12.1 Å². The molecule has 0 fully saturated rings. The number of amides is 1. The van der Waals surface area contributed by atoms with Crippen molar-refractivity contribution in [3.8, 4) is 5.75 Å². The second-order valence-corrected chi connectivity index (χ2v) is 7.03. The van der Waals surface area contributed by atoms with Gasteiger partial charge in [-0.25, -0.2) is 13.6 Å². The van der Waals surface area contributed by atoms with Crippen molar-refractivity contribution in [2.75, 3.05) is 12.3 Å². The molecule has 1 amide bonds. The number of nitrogens with two attached hydrogens (primary N) is 2. The number of carbonyl (C=O) groups excluding carboxylic acids is 1. The average Bonchev–Trinajstić information content (AvgIpc) is 2.58. The maximum Gasteiger partial charge on any atom is 0.251 e. The third kappa shape index (κ3) is 5.20. The highest BCUT2D eigenvalue weighted by atomic mass is 32.2. The number of benzene rings is 2. The minimum atomic E-state index is -3.72. The van der Waals surface area contributed by atoms with Crippen molar-refractivity contribution >= 4 is 21.6 Å². The van der Waals surface area contributed by atoms with Gasteiger partial charge in [0.2, 0.25) is 10.0 Å². The zero-order valence-electron chi connectivity index (χ0n) is 13.9. The Morgan fingerprint density at radius 2 is 1.84 bits per heavy atom. The molecule has 2 rings (SSSR count). The Balaban J connectivity index is 1.99. The van der Waals surface area contributed by atoms with Gasteiger partial charge >= 0.3 is 0 Å². The van der Waals surface area contributed by atoms with Crippen molar-refractivity contribution in [1.29, 1.82) is 0 Å². The van der Waals surface area contributed by atoms with Gasteiger partial charge < -0.3 is 15.8 Å². The molecule has 0 unspecified atom stereocenters. The predicted octanol–water partition coefficient (Wildman–Crippen LogP) is 1.64. The van der Waals surface area contributed by atoms with Gasteiger partial charge in [0, 0.05) is 12.1 Å².